The quantitative estimate of drug-likeness (QED) is 0.941. The molecule has 1 N–H and O–H groups in total. The van der Waals surface area contributed by atoms with E-state index >= 15 is 0 Å². The van der Waals surface area contributed by atoms with Crippen molar-refractivity contribution >= 4 is 21.4 Å². The van der Waals surface area contributed by atoms with Gasteiger partial charge in [-0.2, -0.15) is 0 Å². The van der Waals surface area contributed by atoms with E-state index in [0.29, 0.717) is 5.02 Å². The van der Waals surface area contributed by atoms with Gasteiger partial charge >= 0.3 is 0 Å². The Morgan fingerprint density at radius 2 is 1.62 bits per heavy atom. The largest absolute Gasteiger partial charge is 0.396 e. The van der Waals surface area contributed by atoms with Crippen molar-refractivity contribution in [1.29, 1.82) is 0 Å². The molecule has 0 bridgehead atoms. The second-order valence-corrected chi connectivity index (χ2v) is 7.79. The van der Waals surface area contributed by atoms with Crippen LogP contribution in [0.2, 0.25) is 5.02 Å². The number of hydrogen-bond acceptors (Lipinski definition) is 3. The van der Waals surface area contributed by atoms with Crippen molar-refractivity contribution in [3.63, 3.8) is 0 Å². The lowest BCUT2D eigenvalue weighted by Crippen LogP contribution is -2.11. The SMILES string of the molecule is O=S(=O)(c1ccc(Cl)cc1)[C@H]1[C@H](CO)[C@@H]1c1ccccc1. The van der Waals surface area contributed by atoms with Crippen molar-refractivity contribution in [1.82, 2.24) is 0 Å². The number of benzene rings is 2. The number of rotatable bonds is 4. The standard InChI is InChI=1S/C16H15ClO3S/c17-12-6-8-13(9-7-12)21(19,20)16-14(10-18)15(16)11-4-2-1-3-5-11/h1-9,14-16,18H,10H2/t14-,15+,16+/m1/s1. The fourth-order valence-electron chi connectivity index (χ4n) is 2.88. The molecule has 3 rings (SSSR count). The molecule has 3 nitrogen and oxygen atoms in total. The van der Waals surface area contributed by atoms with E-state index in [0.717, 1.165) is 5.56 Å². The van der Waals surface area contributed by atoms with Crippen LogP contribution in [-0.2, 0) is 9.84 Å². The van der Waals surface area contributed by atoms with Gasteiger partial charge in [-0.05, 0) is 29.8 Å². The minimum absolute atomic E-state index is 0.128. The lowest BCUT2D eigenvalue weighted by molar-refractivity contribution is 0.274. The summed E-state index contributed by atoms with van der Waals surface area (Å²) in [6, 6.07) is 15.7. The van der Waals surface area contributed by atoms with Crippen molar-refractivity contribution in [2.45, 2.75) is 16.1 Å². The Balaban J connectivity index is 1.94. The molecule has 0 amide bonds. The molecule has 1 saturated carbocycles. The van der Waals surface area contributed by atoms with Gasteiger partial charge < -0.3 is 5.11 Å². The smallest absolute Gasteiger partial charge is 0.182 e. The second-order valence-electron chi connectivity index (χ2n) is 5.25. The number of aliphatic hydroxyl groups excluding tert-OH is 1. The fraction of sp³-hybridized carbons (Fsp3) is 0.250. The highest BCUT2D eigenvalue weighted by Gasteiger charge is 2.58. The molecule has 110 valence electrons. The van der Waals surface area contributed by atoms with Crippen molar-refractivity contribution in [2.75, 3.05) is 6.61 Å². The maximum Gasteiger partial charge on any atom is 0.182 e. The topological polar surface area (TPSA) is 54.4 Å². The summed E-state index contributed by atoms with van der Waals surface area (Å²) in [6.45, 7) is -0.128. The summed E-state index contributed by atoms with van der Waals surface area (Å²) < 4.78 is 25.4. The Labute approximate surface area is 129 Å². The predicted molar refractivity (Wildman–Crippen MR) is 82.2 cm³/mol. The molecule has 2 aromatic rings. The zero-order valence-corrected chi connectivity index (χ0v) is 12.8. The van der Waals surface area contributed by atoms with Gasteiger partial charge in [-0.3, -0.25) is 0 Å². The summed E-state index contributed by atoms with van der Waals surface area (Å²) in [5.74, 6) is -0.384. The summed E-state index contributed by atoms with van der Waals surface area (Å²) in [7, 11) is -3.46. The Morgan fingerprint density at radius 3 is 2.19 bits per heavy atom. The van der Waals surface area contributed by atoms with Crippen LogP contribution in [0.3, 0.4) is 0 Å². The molecular formula is C16H15ClO3S. The molecule has 21 heavy (non-hydrogen) atoms. The van der Waals surface area contributed by atoms with E-state index in [1.807, 2.05) is 30.3 Å². The first-order valence-electron chi connectivity index (χ1n) is 6.71. The van der Waals surface area contributed by atoms with Gasteiger partial charge in [0.15, 0.2) is 9.84 Å². The Morgan fingerprint density at radius 1 is 1.00 bits per heavy atom. The summed E-state index contributed by atoms with van der Waals surface area (Å²) >= 11 is 5.80. The second kappa shape index (κ2) is 5.44. The first kappa shape index (κ1) is 14.6. The normalized spacial score (nSPS) is 24.8. The number of sulfone groups is 1. The van der Waals surface area contributed by atoms with E-state index in [1.165, 1.54) is 12.1 Å². The van der Waals surface area contributed by atoms with E-state index < -0.39 is 15.1 Å². The minimum Gasteiger partial charge on any atom is -0.396 e. The van der Waals surface area contributed by atoms with E-state index in [4.69, 9.17) is 11.6 Å². The predicted octanol–water partition coefficient (Wildman–Crippen LogP) is 2.89. The zero-order chi connectivity index (χ0) is 15.0. The molecule has 1 aliphatic carbocycles. The number of halogens is 1. The summed E-state index contributed by atoms with van der Waals surface area (Å²) in [4.78, 5) is 0.258. The van der Waals surface area contributed by atoms with Crippen molar-refractivity contribution in [3.05, 3.63) is 65.2 Å². The lowest BCUT2D eigenvalue weighted by atomic mass is 10.1. The van der Waals surface area contributed by atoms with Crippen molar-refractivity contribution in [3.8, 4) is 0 Å². The monoisotopic (exact) mass is 322 g/mol. The highest BCUT2D eigenvalue weighted by atomic mass is 35.5. The molecule has 5 heteroatoms. The third-order valence-corrected chi connectivity index (χ3v) is 6.53. The Hall–Kier alpha value is -1.36. The lowest BCUT2D eigenvalue weighted by Gasteiger charge is -2.04. The fourth-order valence-corrected chi connectivity index (χ4v) is 5.20. The van der Waals surface area contributed by atoms with E-state index in [1.54, 1.807) is 12.1 Å². The number of hydrogen-bond donors (Lipinski definition) is 1. The van der Waals surface area contributed by atoms with Crippen molar-refractivity contribution in [2.24, 2.45) is 5.92 Å². The Kier molecular flexibility index (Phi) is 3.78. The van der Waals surface area contributed by atoms with Crippen LogP contribution in [0.1, 0.15) is 11.5 Å². The van der Waals surface area contributed by atoms with Crippen LogP contribution in [0.15, 0.2) is 59.5 Å². The van der Waals surface area contributed by atoms with Gasteiger partial charge in [0.05, 0.1) is 10.1 Å². The van der Waals surface area contributed by atoms with E-state index in [-0.39, 0.29) is 23.3 Å². The summed E-state index contributed by atoms with van der Waals surface area (Å²) in [6.07, 6.45) is 0. The van der Waals surface area contributed by atoms with Crippen LogP contribution in [0.25, 0.3) is 0 Å². The van der Waals surface area contributed by atoms with E-state index in [2.05, 4.69) is 0 Å². The Bertz CT molecular complexity index is 726. The average Bonchev–Trinajstić information content (AvgIpc) is 3.24. The van der Waals surface area contributed by atoms with Crippen LogP contribution < -0.4 is 0 Å². The van der Waals surface area contributed by atoms with Gasteiger partial charge in [-0.1, -0.05) is 41.9 Å². The minimum atomic E-state index is -3.46. The maximum absolute atomic E-state index is 12.7. The van der Waals surface area contributed by atoms with Crippen LogP contribution in [-0.4, -0.2) is 25.4 Å². The molecule has 2 aromatic carbocycles. The molecule has 0 spiro atoms. The molecule has 0 unspecified atom stereocenters. The number of aliphatic hydroxyl groups is 1. The molecule has 1 aliphatic rings. The van der Waals surface area contributed by atoms with Gasteiger partial charge in [0, 0.05) is 23.5 Å². The molecule has 1 fully saturated rings. The summed E-state index contributed by atoms with van der Waals surface area (Å²) in [5, 5.41) is 9.42. The highest BCUT2D eigenvalue weighted by molar-refractivity contribution is 7.92. The van der Waals surface area contributed by atoms with Crippen LogP contribution in [0, 0.1) is 5.92 Å². The van der Waals surface area contributed by atoms with E-state index in [9.17, 15) is 13.5 Å². The third-order valence-electron chi connectivity index (χ3n) is 3.99. The maximum atomic E-state index is 12.7. The molecule has 0 saturated heterocycles. The molecule has 0 aliphatic heterocycles. The van der Waals surface area contributed by atoms with Crippen molar-refractivity contribution < 1.29 is 13.5 Å². The molecule has 0 heterocycles. The van der Waals surface area contributed by atoms with Crippen LogP contribution in [0.5, 0.6) is 0 Å². The highest BCUT2D eigenvalue weighted by Crippen LogP contribution is 2.53. The molecule has 0 aromatic heterocycles. The average molecular weight is 323 g/mol. The van der Waals surface area contributed by atoms with Gasteiger partial charge in [0.2, 0.25) is 0 Å². The van der Waals surface area contributed by atoms with Crippen LogP contribution >= 0.6 is 11.6 Å². The van der Waals surface area contributed by atoms with Gasteiger partial charge in [-0.15, -0.1) is 0 Å². The zero-order valence-electron chi connectivity index (χ0n) is 11.2. The van der Waals surface area contributed by atoms with Gasteiger partial charge in [0.1, 0.15) is 0 Å². The van der Waals surface area contributed by atoms with Gasteiger partial charge in [-0.25, -0.2) is 8.42 Å². The molecular weight excluding hydrogens is 308 g/mol. The first-order chi connectivity index (χ1) is 10.1. The third kappa shape index (κ3) is 2.59. The molecule has 3 atom stereocenters. The summed E-state index contributed by atoms with van der Waals surface area (Å²) in [5.41, 5.74) is 0.957. The first-order valence-corrected chi connectivity index (χ1v) is 8.63. The van der Waals surface area contributed by atoms with Gasteiger partial charge in [0.25, 0.3) is 0 Å². The van der Waals surface area contributed by atoms with Crippen LogP contribution in [0.4, 0.5) is 0 Å². The molecule has 0 radical (unpaired) electrons.